The SMILES string of the molecule is CCC(=O)NC(CCC(=O)CCC(=O)NCC(=O)CCC(NC(C)=O)C(=O)CCCOCCOCCOCCOCCOCCOCCOCCOCCOCCOCCOCCOCCC(=O)NC(C)C)C(=O)O.CCC(CCC(=O)CCC(=O)NCC(=O)CCC(NC(C)=O)C(=O)CCC(=O)NC(C)C)C(=O)O. The minimum atomic E-state index is -1.26. The van der Waals surface area contributed by atoms with Crippen LogP contribution >= 0.6 is 0 Å². The molecule has 0 aromatic rings. The van der Waals surface area contributed by atoms with Gasteiger partial charge in [0, 0.05) is 116 Å². The van der Waals surface area contributed by atoms with E-state index in [0.717, 1.165) is 0 Å². The molecule has 0 aliphatic heterocycles. The van der Waals surface area contributed by atoms with Crippen molar-refractivity contribution in [3.8, 4) is 0 Å². The molecule has 0 radical (unpaired) electrons. The summed E-state index contributed by atoms with van der Waals surface area (Å²) < 4.78 is 65.7. The van der Waals surface area contributed by atoms with E-state index in [-0.39, 0.29) is 174 Å². The Bertz CT molecular complexity index is 2620. The molecular formula is C74H129N7O29. The van der Waals surface area contributed by atoms with Gasteiger partial charge in [-0.1, -0.05) is 13.8 Å². The summed E-state index contributed by atoms with van der Waals surface area (Å²) in [5, 5.41) is 35.9. The maximum absolute atomic E-state index is 12.8. The van der Waals surface area contributed by atoms with Crippen LogP contribution in [-0.4, -0.2) is 300 Å². The second-order valence-corrected chi connectivity index (χ2v) is 25.7. The van der Waals surface area contributed by atoms with Crippen LogP contribution in [0, 0.1) is 5.92 Å². The van der Waals surface area contributed by atoms with Gasteiger partial charge in [0.15, 0.2) is 23.1 Å². The second kappa shape index (κ2) is 72.0. The number of nitrogens with one attached hydrogen (secondary N) is 7. The van der Waals surface area contributed by atoms with Crippen LogP contribution in [0.5, 0.6) is 0 Å². The van der Waals surface area contributed by atoms with Gasteiger partial charge < -0.3 is 104 Å². The second-order valence-electron chi connectivity index (χ2n) is 25.7. The van der Waals surface area contributed by atoms with Gasteiger partial charge in [-0.05, 0) is 66.2 Å². The number of carboxylic acid groups (broad SMARTS) is 2. The number of Topliss-reactive ketones (excluding diaryl/α,β-unsaturated/α-hetero) is 6. The van der Waals surface area contributed by atoms with Gasteiger partial charge in [-0.3, -0.25) is 67.1 Å². The van der Waals surface area contributed by atoms with Crippen LogP contribution < -0.4 is 37.2 Å². The Morgan fingerprint density at radius 3 is 0.900 bits per heavy atom. The number of hydrogen-bond acceptors (Lipinski definition) is 27. The zero-order chi connectivity index (χ0) is 82.4. The molecule has 0 heterocycles. The number of rotatable bonds is 76. The average molecular weight is 1580 g/mol. The van der Waals surface area contributed by atoms with Crippen LogP contribution in [0.25, 0.3) is 0 Å². The summed E-state index contributed by atoms with van der Waals surface area (Å²) in [6.45, 7) is 22.8. The first kappa shape index (κ1) is 105. The van der Waals surface area contributed by atoms with Gasteiger partial charge in [0.25, 0.3) is 0 Å². The van der Waals surface area contributed by atoms with Gasteiger partial charge in [0.2, 0.25) is 41.4 Å². The lowest BCUT2D eigenvalue weighted by Gasteiger charge is -2.17. The van der Waals surface area contributed by atoms with E-state index in [4.69, 9.17) is 61.9 Å². The Morgan fingerprint density at radius 2 is 0.582 bits per heavy atom. The molecule has 0 fully saturated rings. The molecule has 0 aromatic heterocycles. The third-order valence-electron chi connectivity index (χ3n) is 15.2. The van der Waals surface area contributed by atoms with Crippen molar-refractivity contribution in [2.24, 2.45) is 5.92 Å². The molecule has 4 unspecified atom stereocenters. The molecule has 36 heteroatoms. The molecule has 0 rings (SSSR count). The maximum atomic E-state index is 12.8. The summed E-state index contributed by atoms with van der Waals surface area (Å²) in [5.74, 6) is -7.34. The molecule has 0 spiro atoms. The molecule has 9 N–H and O–H groups in total. The van der Waals surface area contributed by atoms with Crippen LogP contribution in [-0.2, 0) is 129 Å². The maximum Gasteiger partial charge on any atom is 0.326 e. The first-order valence-electron chi connectivity index (χ1n) is 38.1. The first-order valence-corrected chi connectivity index (χ1v) is 38.1. The largest absolute Gasteiger partial charge is 0.481 e. The summed E-state index contributed by atoms with van der Waals surface area (Å²) in [6, 6.07) is -2.92. The van der Waals surface area contributed by atoms with E-state index in [0.29, 0.717) is 178 Å². The van der Waals surface area contributed by atoms with Crippen molar-refractivity contribution in [3.05, 3.63) is 0 Å². The predicted octanol–water partition coefficient (Wildman–Crippen LogP) is 1.60. The number of aliphatic carboxylic acids is 2. The molecule has 7 amide bonds. The Labute approximate surface area is 647 Å². The lowest BCUT2D eigenvalue weighted by atomic mass is 9.98. The standard InChI is InChI=1S/C50H90N4O21.C24H39N3O8/c1-5-47(59)54-45(50(62)63)12-8-42(56)10-13-48(60)51-39-43(57)9-11-44(53-41(4)55)46(58)7-6-15-64-17-19-66-21-23-68-25-27-70-29-31-72-33-35-74-37-38-75-36-34-73-32-30-71-28-26-69-24-22-67-20-18-65-16-14-49(61)52-40(2)3;1-5-17(24(34)35)6-7-18(29)9-12-22(32)25-14-19(30)8-10-20(27-16(4)28)21(31)11-13-23(33)26-15(2)3/h40,44-45H,5-39H2,1-4H3,(H,51,60)(H,52,61)(H,53,55)(H,54,59)(H,62,63);15,17,20H,5-14H2,1-4H3,(H,25,32)(H,26,33)(H,27,28)(H,34,35). The monoisotopic (exact) mass is 1580 g/mol. The lowest BCUT2D eigenvalue weighted by molar-refractivity contribution is -0.143. The summed E-state index contributed by atoms with van der Waals surface area (Å²) in [7, 11) is 0. The topological polar surface area (TPSA) is 491 Å². The number of ketones is 6. The van der Waals surface area contributed by atoms with Gasteiger partial charge in [0.1, 0.15) is 17.6 Å². The van der Waals surface area contributed by atoms with Crippen molar-refractivity contribution in [2.45, 2.75) is 208 Å². The Hall–Kier alpha value is -7.23. The number of carbonyl (C=O) groups excluding carboxylic acids is 13. The van der Waals surface area contributed by atoms with Gasteiger partial charge >= 0.3 is 11.9 Å². The van der Waals surface area contributed by atoms with Crippen molar-refractivity contribution >= 4 is 88.0 Å². The Balaban J connectivity index is 0. The fraction of sp³-hybridized carbons (Fsp3) is 0.797. The van der Waals surface area contributed by atoms with Crippen LogP contribution in [0.1, 0.15) is 177 Å². The van der Waals surface area contributed by atoms with E-state index < -0.39 is 65.5 Å². The third-order valence-corrected chi connectivity index (χ3v) is 15.2. The predicted molar refractivity (Wildman–Crippen MR) is 397 cm³/mol. The van der Waals surface area contributed by atoms with E-state index >= 15 is 0 Å². The lowest BCUT2D eigenvalue weighted by Crippen LogP contribution is -2.41. The van der Waals surface area contributed by atoms with E-state index in [1.165, 1.54) is 13.8 Å². The molecule has 0 bridgehead atoms. The highest BCUT2D eigenvalue weighted by molar-refractivity contribution is 5.94. The number of carbonyl (C=O) groups is 15. The zero-order valence-electron chi connectivity index (χ0n) is 66.2. The highest BCUT2D eigenvalue weighted by Gasteiger charge is 2.25. The Morgan fingerprint density at radius 1 is 0.282 bits per heavy atom. The molecule has 36 nitrogen and oxygen atoms in total. The summed E-state index contributed by atoms with van der Waals surface area (Å²) in [6.07, 6.45) is 0.770. The van der Waals surface area contributed by atoms with Crippen molar-refractivity contribution in [1.29, 1.82) is 0 Å². The van der Waals surface area contributed by atoms with E-state index in [1.54, 1.807) is 27.7 Å². The molecule has 110 heavy (non-hydrogen) atoms. The zero-order valence-corrected chi connectivity index (χ0v) is 66.2. The van der Waals surface area contributed by atoms with E-state index in [1.807, 2.05) is 13.8 Å². The molecular weight excluding hydrogens is 1450 g/mol. The van der Waals surface area contributed by atoms with E-state index in [2.05, 4.69) is 37.2 Å². The quantitative estimate of drug-likeness (QED) is 0.0390. The number of ether oxygens (including phenoxy) is 12. The van der Waals surface area contributed by atoms with Crippen molar-refractivity contribution in [3.63, 3.8) is 0 Å². The van der Waals surface area contributed by atoms with Crippen LogP contribution in [0.3, 0.4) is 0 Å². The molecule has 0 aromatic carbocycles. The molecule has 634 valence electrons. The summed E-state index contributed by atoms with van der Waals surface area (Å²) in [4.78, 5) is 178. The average Bonchev–Trinajstić information content (AvgIpc) is 0.921. The van der Waals surface area contributed by atoms with Crippen LogP contribution in [0.4, 0.5) is 0 Å². The number of carboxylic acids is 2. The molecule has 0 saturated heterocycles. The van der Waals surface area contributed by atoms with Crippen molar-refractivity contribution < 1.29 is 139 Å². The van der Waals surface area contributed by atoms with Gasteiger partial charge in [-0.15, -0.1) is 0 Å². The minimum absolute atomic E-state index is 0.0200. The fourth-order valence-electron chi connectivity index (χ4n) is 9.34. The Kier molecular flexibility index (Phi) is 68.6. The third kappa shape index (κ3) is 69.9. The highest BCUT2D eigenvalue weighted by Crippen LogP contribution is 2.14. The molecule has 4 atom stereocenters. The molecule has 0 aliphatic rings. The fourth-order valence-corrected chi connectivity index (χ4v) is 9.34. The number of hydrogen-bond donors (Lipinski definition) is 9. The first-order chi connectivity index (χ1) is 52.6. The van der Waals surface area contributed by atoms with Crippen LogP contribution in [0.2, 0.25) is 0 Å². The van der Waals surface area contributed by atoms with Crippen molar-refractivity contribution in [2.75, 3.05) is 172 Å². The molecule has 0 saturated carbocycles. The smallest absolute Gasteiger partial charge is 0.326 e. The van der Waals surface area contributed by atoms with Gasteiger partial charge in [-0.2, -0.15) is 0 Å². The number of amides is 7. The van der Waals surface area contributed by atoms with Crippen LogP contribution in [0.15, 0.2) is 0 Å². The highest BCUT2D eigenvalue weighted by atomic mass is 16.6. The normalized spacial score (nSPS) is 12.2. The minimum Gasteiger partial charge on any atom is -0.481 e. The van der Waals surface area contributed by atoms with Crippen molar-refractivity contribution in [1.82, 2.24) is 37.2 Å². The summed E-state index contributed by atoms with van der Waals surface area (Å²) in [5.41, 5.74) is 0. The molecule has 0 aliphatic carbocycles. The summed E-state index contributed by atoms with van der Waals surface area (Å²) >= 11 is 0. The van der Waals surface area contributed by atoms with Gasteiger partial charge in [-0.25, -0.2) is 4.79 Å². The van der Waals surface area contributed by atoms with Gasteiger partial charge in [0.05, 0.1) is 183 Å². The van der Waals surface area contributed by atoms with E-state index in [9.17, 15) is 77.0 Å².